The Bertz CT molecular complexity index is 305. The molecular weight excluding hydrogens is 258 g/mol. The second-order valence-corrected chi connectivity index (χ2v) is 7.71. The lowest BCUT2D eigenvalue weighted by atomic mass is 9.76. The van der Waals surface area contributed by atoms with E-state index in [2.05, 4.69) is 19.2 Å². The van der Waals surface area contributed by atoms with Crippen LogP contribution in [0.4, 0.5) is 0 Å². The van der Waals surface area contributed by atoms with E-state index in [0.717, 1.165) is 42.6 Å². The van der Waals surface area contributed by atoms with Crippen molar-refractivity contribution < 1.29 is 9.90 Å². The van der Waals surface area contributed by atoms with E-state index in [1.54, 1.807) is 11.8 Å². The average molecular weight is 285 g/mol. The van der Waals surface area contributed by atoms with Crippen molar-refractivity contribution in [1.82, 2.24) is 5.32 Å². The van der Waals surface area contributed by atoms with Crippen LogP contribution in [0.2, 0.25) is 0 Å². The Morgan fingerprint density at radius 3 is 2.58 bits per heavy atom. The van der Waals surface area contributed by atoms with E-state index in [1.807, 2.05) is 0 Å². The predicted molar refractivity (Wildman–Crippen MR) is 80.2 cm³/mol. The maximum Gasteiger partial charge on any atom is 0.223 e. The van der Waals surface area contributed by atoms with E-state index in [0.29, 0.717) is 6.54 Å². The summed E-state index contributed by atoms with van der Waals surface area (Å²) in [5.41, 5.74) is -0.657. The summed E-state index contributed by atoms with van der Waals surface area (Å²) in [7, 11) is 0. The van der Waals surface area contributed by atoms with Crippen molar-refractivity contribution in [2.75, 3.05) is 18.1 Å². The largest absolute Gasteiger partial charge is 0.387 e. The summed E-state index contributed by atoms with van der Waals surface area (Å²) in [5.74, 6) is 3.62. The van der Waals surface area contributed by atoms with Crippen LogP contribution in [0.3, 0.4) is 0 Å². The first kappa shape index (κ1) is 15.2. The topological polar surface area (TPSA) is 49.3 Å². The number of amides is 1. The highest BCUT2D eigenvalue weighted by Crippen LogP contribution is 2.33. The normalized spacial score (nSPS) is 35.6. The molecule has 1 amide bonds. The number of hydrogen-bond donors (Lipinski definition) is 2. The van der Waals surface area contributed by atoms with Gasteiger partial charge < -0.3 is 10.4 Å². The fraction of sp³-hybridized carbons (Fsp3) is 0.933. The summed E-state index contributed by atoms with van der Waals surface area (Å²) in [6.07, 6.45) is 5.19. The van der Waals surface area contributed by atoms with Crippen molar-refractivity contribution in [3.8, 4) is 0 Å². The molecule has 1 saturated carbocycles. The van der Waals surface area contributed by atoms with Crippen molar-refractivity contribution >= 4 is 17.7 Å². The Hall–Kier alpha value is -0.220. The Balaban J connectivity index is 1.72. The average Bonchev–Trinajstić information content (AvgIpc) is 2.83. The lowest BCUT2D eigenvalue weighted by Crippen LogP contribution is -2.45. The molecule has 3 nitrogen and oxygen atoms in total. The molecule has 1 aliphatic heterocycles. The number of nitrogens with one attached hydrogen (secondary N) is 1. The van der Waals surface area contributed by atoms with E-state index < -0.39 is 5.60 Å². The number of carbonyl (C=O) groups excluding carboxylic acids is 1. The van der Waals surface area contributed by atoms with Crippen molar-refractivity contribution in [3.05, 3.63) is 0 Å². The van der Waals surface area contributed by atoms with Gasteiger partial charge in [-0.05, 0) is 49.7 Å². The number of hydrogen-bond acceptors (Lipinski definition) is 3. The van der Waals surface area contributed by atoms with Crippen LogP contribution < -0.4 is 5.32 Å². The summed E-state index contributed by atoms with van der Waals surface area (Å²) in [6.45, 7) is 4.99. The van der Waals surface area contributed by atoms with Crippen LogP contribution in [0.5, 0.6) is 0 Å². The van der Waals surface area contributed by atoms with E-state index in [9.17, 15) is 9.90 Å². The van der Waals surface area contributed by atoms with Crippen LogP contribution in [0.15, 0.2) is 0 Å². The maximum absolute atomic E-state index is 12.1. The van der Waals surface area contributed by atoms with Gasteiger partial charge in [-0.2, -0.15) is 11.8 Å². The Kier molecular flexibility index (Phi) is 5.18. The lowest BCUT2D eigenvalue weighted by Gasteiger charge is -2.31. The van der Waals surface area contributed by atoms with E-state index in [4.69, 9.17) is 0 Å². The minimum absolute atomic E-state index is 0.160. The van der Waals surface area contributed by atoms with Crippen molar-refractivity contribution in [1.29, 1.82) is 0 Å². The molecule has 0 aromatic carbocycles. The molecule has 1 atom stereocenters. The molecule has 110 valence electrons. The number of rotatable bonds is 4. The smallest absolute Gasteiger partial charge is 0.223 e. The first-order chi connectivity index (χ1) is 9.00. The third kappa shape index (κ3) is 4.12. The molecule has 2 N–H and O–H groups in total. The van der Waals surface area contributed by atoms with Gasteiger partial charge in [-0.1, -0.05) is 13.8 Å². The highest BCUT2D eigenvalue weighted by molar-refractivity contribution is 7.99. The fourth-order valence-corrected chi connectivity index (χ4v) is 4.47. The Labute approximate surface area is 120 Å². The van der Waals surface area contributed by atoms with E-state index >= 15 is 0 Å². The van der Waals surface area contributed by atoms with Gasteiger partial charge in [0.2, 0.25) is 5.91 Å². The molecule has 1 aliphatic carbocycles. The standard InChI is InChI=1S/C15H27NO2S/c1-11(2)12-3-5-13(6-4-12)14(17)16-9-15(18)7-8-19-10-15/h11-13,18H,3-10H2,1-2H3,(H,16,17). The van der Waals surface area contributed by atoms with E-state index in [-0.39, 0.29) is 11.8 Å². The molecule has 0 spiro atoms. The first-order valence-electron chi connectivity index (χ1n) is 7.58. The molecule has 19 heavy (non-hydrogen) atoms. The minimum atomic E-state index is -0.657. The van der Waals surface area contributed by atoms with Gasteiger partial charge in [-0.3, -0.25) is 4.79 Å². The van der Waals surface area contributed by atoms with Gasteiger partial charge in [-0.15, -0.1) is 0 Å². The van der Waals surface area contributed by atoms with Gasteiger partial charge in [0, 0.05) is 18.2 Å². The summed E-state index contributed by atoms with van der Waals surface area (Å²) < 4.78 is 0. The van der Waals surface area contributed by atoms with Gasteiger partial charge in [0.15, 0.2) is 0 Å². The third-order valence-electron chi connectivity index (χ3n) is 4.76. The SMILES string of the molecule is CC(C)C1CCC(C(=O)NCC2(O)CCSC2)CC1. The third-order valence-corrected chi connectivity index (χ3v) is 5.99. The zero-order valence-corrected chi connectivity index (χ0v) is 13.0. The fourth-order valence-electron chi connectivity index (χ4n) is 3.18. The van der Waals surface area contributed by atoms with Gasteiger partial charge in [0.05, 0.1) is 5.60 Å². The highest BCUT2D eigenvalue weighted by Gasteiger charge is 2.33. The van der Waals surface area contributed by atoms with Gasteiger partial charge in [0.25, 0.3) is 0 Å². The van der Waals surface area contributed by atoms with Gasteiger partial charge in [0.1, 0.15) is 0 Å². The maximum atomic E-state index is 12.1. The summed E-state index contributed by atoms with van der Waals surface area (Å²) in [6, 6.07) is 0. The molecule has 4 heteroatoms. The van der Waals surface area contributed by atoms with Crippen LogP contribution in [0, 0.1) is 17.8 Å². The Morgan fingerprint density at radius 1 is 1.37 bits per heavy atom. The summed E-state index contributed by atoms with van der Waals surface area (Å²) >= 11 is 1.77. The van der Waals surface area contributed by atoms with Crippen molar-refractivity contribution in [3.63, 3.8) is 0 Å². The molecule has 2 rings (SSSR count). The molecular formula is C15H27NO2S. The molecule has 0 aromatic rings. The molecule has 0 bridgehead atoms. The second kappa shape index (κ2) is 6.49. The molecule has 1 heterocycles. The molecule has 1 saturated heterocycles. The van der Waals surface area contributed by atoms with E-state index in [1.165, 1.54) is 12.8 Å². The first-order valence-corrected chi connectivity index (χ1v) is 8.73. The predicted octanol–water partition coefficient (Wildman–Crippen LogP) is 2.43. The molecule has 1 unspecified atom stereocenters. The lowest BCUT2D eigenvalue weighted by molar-refractivity contribution is -0.127. The summed E-state index contributed by atoms with van der Waals surface area (Å²) in [4.78, 5) is 12.1. The van der Waals surface area contributed by atoms with Crippen molar-refractivity contribution in [2.45, 2.75) is 51.6 Å². The van der Waals surface area contributed by atoms with Crippen LogP contribution in [-0.2, 0) is 4.79 Å². The second-order valence-electron chi connectivity index (χ2n) is 6.60. The summed E-state index contributed by atoms with van der Waals surface area (Å²) in [5, 5.41) is 13.2. The molecule has 0 aromatic heterocycles. The Morgan fingerprint density at radius 2 is 2.05 bits per heavy atom. The number of carbonyl (C=O) groups is 1. The zero-order chi connectivity index (χ0) is 13.9. The zero-order valence-electron chi connectivity index (χ0n) is 12.2. The van der Waals surface area contributed by atoms with Crippen molar-refractivity contribution in [2.24, 2.45) is 17.8 Å². The molecule has 2 fully saturated rings. The number of aliphatic hydroxyl groups is 1. The minimum Gasteiger partial charge on any atom is -0.387 e. The molecule has 2 aliphatic rings. The number of thioether (sulfide) groups is 1. The highest BCUT2D eigenvalue weighted by atomic mass is 32.2. The van der Waals surface area contributed by atoms with Gasteiger partial charge in [-0.25, -0.2) is 0 Å². The van der Waals surface area contributed by atoms with Crippen LogP contribution in [-0.4, -0.2) is 34.7 Å². The monoisotopic (exact) mass is 285 g/mol. The molecule has 0 radical (unpaired) electrons. The van der Waals surface area contributed by atoms with Crippen LogP contribution in [0.1, 0.15) is 46.0 Å². The van der Waals surface area contributed by atoms with Crippen LogP contribution in [0.25, 0.3) is 0 Å². The van der Waals surface area contributed by atoms with Gasteiger partial charge >= 0.3 is 0 Å². The quantitative estimate of drug-likeness (QED) is 0.834. The van der Waals surface area contributed by atoms with Crippen LogP contribution >= 0.6 is 11.8 Å².